The van der Waals surface area contributed by atoms with Crippen LogP contribution in [0.1, 0.15) is 36.4 Å². The molecule has 1 unspecified atom stereocenters. The number of β-amino-alcohol motifs (C(OH)–C–C–N with tert-alkyl or cyclic N) is 1. The third kappa shape index (κ3) is 7.57. The molecule has 0 radical (unpaired) electrons. The first-order valence-corrected chi connectivity index (χ1v) is 13.2. The van der Waals surface area contributed by atoms with Crippen LogP contribution in [0.2, 0.25) is 10.0 Å². The van der Waals surface area contributed by atoms with E-state index in [9.17, 15) is 9.90 Å². The summed E-state index contributed by atoms with van der Waals surface area (Å²) in [6.07, 6.45) is 2.50. The maximum atomic E-state index is 13.2. The number of hydrogen-bond acceptors (Lipinski definition) is 6. The molecule has 0 bridgehead atoms. The highest BCUT2D eigenvalue weighted by Gasteiger charge is 2.28. The Kier molecular flexibility index (Phi) is 9.87. The number of rotatable bonds is 11. The van der Waals surface area contributed by atoms with E-state index < -0.39 is 0 Å². The monoisotopic (exact) mass is 536 g/mol. The number of ether oxygens (including phenoxy) is 3. The van der Waals surface area contributed by atoms with Crippen LogP contribution in [-0.4, -0.2) is 79.7 Å². The van der Waals surface area contributed by atoms with Crippen LogP contribution in [0.15, 0.2) is 42.5 Å². The van der Waals surface area contributed by atoms with Crippen molar-refractivity contribution in [3.63, 3.8) is 0 Å². The summed E-state index contributed by atoms with van der Waals surface area (Å²) in [4.78, 5) is 17.2. The highest BCUT2D eigenvalue weighted by Crippen LogP contribution is 2.27. The number of hydrogen-bond donors (Lipinski definition) is 1. The Labute approximate surface area is 222 Å². The second-order valence-corrected chi connectivity index (χ2v) is 10.2. The molecule has 0 saturated carbocycles. The van der Waals surface area contributed by atoms with Crippen molar-refractivity contribution >= 4 is 29.1 Å². The van der Waals surface area contributed by atoms with Gasteiger partial charge < -0.3 is 24.2 Å². The number of benzene rings is 2. The predicted molar refractivity (Wildman–Crippen MR) is 140 cm³/mol. The van der Waals surface area contributed by atoms with Gasteiger partial charge in [-0.05, 0) is 48.2 Å². The molecule has 2 fully saturated rings. The van der Waals surface area contributed by atoms with Gasteiger partial charge in [-0.3, -0.25) is 9.69 Å². The average Bonchev–Trinajstić information content (AvgIpc) is 3.54. The zero-order chi connectivity index (χ0) is 25.5. The van der Waals surface area contributed by atoms with Gasteiger partial charge in [0.1, 0.15) is 12.4 Å². The molecule has 2 saturated heterocycles. The Morgan fingerprint density at radius 1 is 1.17 bits per heavy atom. The second kappa shape index (κ2) is 13.1. The molecule has 0 aliphatic carbocycles. The van der Waals surface area contributed by atoms with Gasteiger partial charge in [0.05, 0.1) is 35.2 Å². The molecular formula is C27H34Cl2N2O5. The van der Waals surface area contributed by atoms with Crippen LogP contribution in [0.3, 0.4) is 0 Å². The lowest BCUT2D eigenvalue weighted by Crippen LogP contribution is -2.39. The summed E-state index contributed by atoms with van der Waals surface area (Å²) in [7, 11) is 1.82. The minimum atomic E-state index is -0.324. The number of nitrogens with zero attached hydrogens (tertiary/aromatic N) is 2. The van der Waals surface area contributed by atoms with Crippen LogP contribution < -0.4 is 4.74 Å². The Balaban J connectivity index is 1.39. The van der Waals surface area contributed by atoms with Crippen molar-refractivity contribution in [3.8, 4) is 5.75 Å². The minimum absolute atomic E-state index is 0.0234. The molecule has 1 N–H and O–H groups in total. The number of carbonyl (C=O) groups is 1. The summed E-state index contributed by atoms with van der Waals surface area (Å²) in [5.41, 5.74) is 1.81. The van der Waals surface area contributed by atoms with Gasteiger partial charge in [0.25, 0.3) is 0 Å². The summed E-state index contributed by atoms with van der Waals surface area (Å²) in [6.45, 7) is 3.72. The predicted octanol–water partition coefficient (Wildman–Crippen LogP) is 4.33. The third-order valence-corrected chi connectivity index (χ3v) is 7.43. The smallest absolute Gasteiger partial charge is 0.227 e. The molecule has 7 nitrogen and oxygen atoms in total. The number of aliphatic hydroxyl groups excluding tert-OH is 1. The van der Waals surface area contributed by atoms with Crippen molar-refractivity contribution in [2.45, 2.75) is 44.1 Å². The normalized spacial score (nSPS) is 21.0. The number of aliphatic hydroxyl groups is 1. The van der Waals surface area contributed by atoms with Gasteiger partial charge in [0.2, 0.25) is 5.91 Å². The van der Waals surface area contributed by atoms with Gasteiger partial charge in [0.15, 0.2) is 6.29 Å². The Morgan fingerprint density at radius 2 is 1.97 bits per heavy atom. The van der Waals surface area contributed by atoms with E-state index in [-0.39, 0.29) is 30.8 Å². The van der Waals surface area contributed by atoms with Crippen LogP contribution in [0.4, 0.5) is 0 Å². The number of likely N-dealkylation sites (N-methyl/N-ethyl adjacent to an activating group) is 1. The lowest BCUT2D eigenvalue weighted by atomic mass is 10.0. The van der Waals surface area contributed by atoms with Gasteiger partial charge in [-0.1, -0.05) is 41.4 Å². The molecule has 2 aliphatic rings. The molecule has 196 valence electrons. The number of carbonyl (C=O) groups excluding carboxylic acids is 1. The van der Waals surface area contributed by atoms with Crippen molar-refractivity contribution in [3.05, 3.63) is 63.6 Å². The first-order valence-electron chi connectivity index (χ1n) is 12.4. The van der Waals surface area contributed by atoms with Crippen LogP contribution in [0, 0.1) is 0 Å². The molecule has 9 heteroatoms. The maximum Gasteiger partial charge on any atom is 0.227 e. The molecule has 0 spiro atoms. The van der Waals surface area contributed by atoms with E-state index >= 15 is 0 Å². The van der Waals surface area contributed by atoms with Gasteiger partial charge >= 0.3 is 0 Å². The van der Waals surface area contributed by atoms with E-state index in [1.165, 1.54) is 0 Å². The number of likely N-dealkylation sites (tertiary alicyclic amines) is 1. The molecule has 2 aromatic rings. The molecule has 2 aliphatic heterocycles. The Bertz CT molecular complexity index is 1000. The van der Waals surface area contributed by atoms with Gasteiger partial charge in [0, 0.05) is 39.7 Å². The second-order valence-electron chi connectivity index (χ2n) is 9.38. The molecular weight excluding hydrogens is 503 g/mol. The van der Waals surface area contributed by atoms with Crippen LogP contribution in [0.5, 0.6) is 5.75 Å². The third-order valence-electron chi connectivity index (χ3n) is 6.69. The van der Waals surface area contributed by atoms with Crippen LogP contribution in [-0.2, 0) is 20.7 Å². The summed E-state index contributed by atoms with van der Waals surface area (Å²) >= 11 is 12.2. The van der Waals surface area contributed by atoms with E-state index in [0.29, 0.717) is 36.3 Å². The first kappa shape index (κ1) is 27.2. The van der Waals surface area contributed by atoms with Crippen LogP contribution >= 0.6 is 23.2 Å². The lowest BCUT2D eigenvalue weighted by molar-refractivity contribution is -0.131. The van der Waals surface area contributed by atoms with E-state index in [1.807, 2.05) is 37.4 Å². The van der Waals surface area contributed by atoms with Crippen LogP contribution in [0.25, 0.3) is 0 Å². The summed E-state index contributed by atoms with van der Waals surface area (Å²) in [5.74, 6) is 0.722. The van der Waals surface area contributed by atoms with E-state index in [0.717, 1.165) is 49.3 Å². The van der Waals surface area contributed by atoms with E-state index in [2.05, 4.69) is 4.90 Å². The van der Waals surface area contributed by atoms with Gasteiger partial charge in [-0.25, -0.2) is 0 Å². The summed E-state index contributed by atoms with van der Waals surface area (Å²) < 4.78 is 16.9. The maximum absolute atomic E-state index is 13.2. The molecule has 36 heavy (non-hydrogen) atoms. The van der Waals surface area contributed by atoms with E-state index in [4.69, 9.17) is 37.4 Å². The zero-order valence-electron chi connectivity index (χ0n) is 20.6. The SMILES string of the molecule is CN(C(=O)Cc1ccc(Cl)c(Cl)c1)[C@H](CN1CC[C@H](O)C1)c1ccc(OCCOC2CCCO2)cc1. The van der Waals surface area contributed by atoms with Gasteiger partial charge in [-0.15, -0.1) is 0 Å². The topological polar surface area (TPSA) is 71.5 Å². The van der Waals surface area contributed by atoms with Crippen molar-refractivity contribution in [2.24, 2.45) is 0 Å². The molecule has 4 rings (SSSR count). The van der Waals surface area contributed by atoms with Crippen molar-refractivity contribution in [1.82, 2.24) is 9.80 Å². The minimum Gasteiger partial charge on any atom is -0.491 e. The lowest BCUT2D eigenvalue weighted by Gasteiger charge is -2.32. The fourth-order valence-corrected chi connectivity index (χ4v) is 4.92. The summed E-state index contributed by atoms with van der Waals surface area (Å²) in [6, 6.07) is 12.9. The van der Waals surface area contributed by atoms with Gasteiger partial charge in [-0.2, -0.15) is 0 Å². The van der Waals surface area contributed by atoms with Crippen molar-refractivity contribution < 1.29 is 24.1 Å². The zero-order valence-corrected chi connectivity index (χ0v) is 22.1. The quantitative estimate of drug-likeness (QED) is 0.431. The summed E-state index contributed by atoms with van der Waals surface area (Å²) in [5, 5.41) is 10.9. The number of amides is 1. The van der Waals surface area contributed by atoms with E-state index in [1.54, 1.807) is 17.0 Å². The molecule has 0 aromatic heterocycles. The Morgan fingerprint density at radius 3 is 2.64 bits per heavy atom. The van der Waals surface area contributed by atoms with Crippen molar-refractivity contribution in [1.29, 1.82) is 0 Å². The average molecular weight is 537 g/mol. The molecule has 1 amide bonds. The highest BCUT2D eigenvalue weighted by molar-refractivity contribution is 6.42. The highest BCUT2D eigenvalue weighted by atomic mass is 35.5. The molecule has 2 aromatic carbocycles. The molecule has 2 heterocycles. The number of halogens is 2. The largest absolute Gasteiger partial charge is 0.491 e. The fraction of sp³-hybridized carbons (Fsp3) is 0.519. The fourth-order valence-electron chi connectivity index (χ4n) is 4.60. The molecule has 3 atom stereocenters. The van der Waals surface area contributed by atoms with Crippen molar-refractivity contribution in [2.75, 3.05) is 46.5 Å². The standard InChI is InChI=1S/C27H34Cl2N2O5/c1-30(26(33)16-19-4-9-23(28)24(29)15-19)25(18-31-11-10-21(32)17-31)20-5-7-22(8-6-20)34-13-14-36-27-3-2-12-35-27/h4-9,15,21,25,27,32H,2-3,10-14,16-18H2,1H3/t21-,25+,27?/m0/s1. The Hall–Kier alpha value is -1.87. The first-order chi connectivity index (χ1) is 17.4.